The van der Waals surface area contributed by atoms with Crippen LogP contribution >= 0.6 is 46.3 Å². The van der Waals surface area contributed by atoms with Crippen LogP contribution in [0.1, 0.15) is 49.1 Å². The van der Waals surface area contributed by atoms with Crippen LogP contribution in [0.15, 0.2) is 46.2 Å². The zero-order valence-corrected chi connectivity index (χ0v) is 28.6. The van der Waals surface area contributed by atoms with Crippen LogP contribution in [0, 0.1) is 29.6 Å². The molecule has 2 aromatic carbocycles. The lowest BCUT2D eigenvalue weighted by atomic mass is 9.68. The first-order valence-electron chi connectivity index (χ1n) is 15.2. The number of hydrogen-bond donors (Lipinski definition) is 1. The lowest BCUT2D eigenvalue weighted by Gasteiger charge is -2.43. The molecule has 9 nitrogen and oxygen atoms in total. The first kappa shape index (κ1) is 31.6. The van der Waals surface area contributed by atoms with Gasteiger partial charge in [0.15, 0.2) is 11.5 Å². The number of thiazole rings is 1. The Hall–Kier alpha value is -2.99. The predicted molar refractivity (Wildman–Crippen MR) is 175 cm³/mol. The number of methoxy groups -OCH3 is 1. The molecule has 242 valence electrons. The minimum atomic E-state index is -0.990. The van der Waals surface area contributed by atoms with Gasteiger partial charge < -0.3 is 19.2 Å². The number of nitrogens with one attached hydrogen (secondary N) is 1. The third kappa shape index (κ3) is 5.05. The molecule has 3 aromatic rings. The standard InChI is InChI=1S/C33H32Cl2N2O7S2/c1-13(2)44-32(40)14(3)37-30(38)25-18-11-19(26(25)31(37)39)27-24(18)23(28-29(45-27)36-33(41)46-28)15-6-8-21(22(9-15)42-4)43-12-16-5-7-17(34)10-20(16)35/h5-10,13-14,18-19,23-27H,11-12H2,1-4H3,(H,36,41). The molecule has 3 heterocycles. The first-order chi connectivity index (χ1) is 22.0. The molecule has 7 rings (SSSR count). The van der Waals surface area contributed by atoms with E-state index in [0.29, 0.717) is 21.5 Å². The van der Waals surface area contributed by atoms with Crippen molar-refractivity contribution in [1.29, 1.82) is 0 Å². The van der Waals surface area contributed by atoms with Gasteiger partial charge in [-0.3, -0.25) is 19.3 Å². The normalized spacial score (nSPS) is 28.2. The Balaban J connectivity index is 1.21. The average Bonchev–Trinajstić information content (AvgIpc) is 3.74. The summed E-state index contributed by atoms with van der Waals surface area (Å²) in [5.41, 5.74) is 1.71. The third-order valence-corrected chi connectivity index (χ3v) is 13.0. The number of carbonyl (C=O) groups excluding carboxylic acids is 3. The molecule has 2 aliphatic heterocycles. The predicted octanol–water partition coefficient (Wildman–Crippen LogP) is 6.14. The summed E-state index contributed by atoms with van der Waals surface area (Å²) < 4.78 is 17.2. The lowest BCUT2D eigenvalue weighted by Crippen LogP contribution is -2.45. The number of esters is 1. The van der Waals surface area contributed by atoms with Crippen LogP contribution < -0.4 is 14.3 Å². The molecule has 2 aliphatic carbocycles. The smallest absolute Gasteiger partial charge is 0.329 e. The number of benzene rings is 2. The van der Waals surface area contributed by atoms with Crippen molar-refractivity contribution in [2.45, 2.75) is 62.1 Å². The molecular formula is C33H32Cl2N2O7S2. The highest BCUT2D eigenvalue weighted by Crippen LogP contribution is 2.68. The number of imide groups is 1. The zero-order chi connectivity index (χ0) is 32.6. The van der Waals surface area contributed by atoms with Gasteiger partial charge in [-0.2, -0.15) is 0 Å². The van der Waals surface area contributed by atoms with Gasteiger partial charge in [-0.15, -0.1) is 11.8 Å². The molecule has 13 heteroatoms. The largest absolute Gasteiger partial charge is 0.493 e. The number of hydrogen-bond acceptors (Lipinski definition) is 9. The maximum atomic E-state index is 13.9. The zero-order valence-electron chi connectivity index (χ0n) is 25.5. The molecule has 4 aliphatic rings. The molecule has 8 atom stereocenters. The Labute approximate surface area is 283 Å². The molecule has 1 aromatic heterocycles. The Bertz CT molecular complexity index is 1810. The van der Waals surface area contributed by atoms with Gasteiger partial charge >= 0.3 is 10.8 Å². The van der Waals surface area contributed by atoms with Gasteiger partial charge in [-0.05, 0) is 74.8 Å². The summed E-state index contributed by atoms with van der Waals surface area (Å²) >= 11 is 15.2. The van der Waals surface area contributed by atoms with Crippen LogP contribution in [0.3, 0.4) is 0 Å². The van der Waals surface area contributed by atoms with Crippen LogP contribution in [0.25, 0.3) is 0 Å². The molecule has 0 radical (unpaired) electrons. The van der Waals surface area contributed by atoms with E-state index in [1.165, 1.54) is 11.3 Å². The van der Waals surface area contributed by atoms with Crippen LogP contribution in [0.5, 0.6) is 11.5 Å². The van der Waals surface area contributed by atoms with Crippen molar-refractivity contribution >= 4 is 64.1 Å². The maximum Gasteiger partial charge on any atom is 0.329 e. The molecule has 2 bridgehead atoms. The van der Waals surface area contributed by atoms with Gasteiger partial charge in [0.05, 0.1) is 30.1 Å². The Morgan fingerprint density at radius 1 is 1.02 bits per heavy atom. The fourth-order valence-electron chi connectivity index (χ4n) is 8.02. The van der Waals surface area contributed by atoms with E-state index in [0.717, 1.165) is 32.4 Å². The summed E-state index contributed by atoms with van der Waals surface area (Å²) in [6.07, 6.45) is 0.382. The summed E-state index contributed by atoms with van der Waals surface area (Å²) in [6, 6.07) is 10.0. The second kappa shape index (κ2) is 11.9. The van der Waals surface area contributed by atoms with Crippen molar-refractivity contribution in [3.8, 4) is 11.5 Å². The van der Waals surface area contributed by atoms with E-state index >= 15 is 0 Å². The van der Waals surface area contributed by atoms with E-state index in [-0.39, 0.29) is 58.3 Å². The van der Waals surface area contributed by atoms with Gasteiger partial charge in [0.25, 0.3) is 0 Å². The van der Waals surface area contributed by atoms with E-state index < -0.39 is 23.8 Å². The minimum Gasteiger partial charge on any atom is -0.493 e. The molecule has 8 unspecified atom stereocenters. The summed E-state index contributed by atoms with van der Waals surface area (Å²) in [7, 11) is 1.58. The van der Waals surface area contributed by atoms with Crippen molar-refractivity contribution in [3.63, 3.8) is 0 Å². The highest BCUT2D eigenvalue weighted by Gasteiger charge is 2.70. The van der Waals surface area contributed by atoms with Crippen molar-refractivity contribution in [2.24, 2.45) is 29.6 Å². The summed E-state index contributed by atoms with van der Waals surface area (Å²) in [5.74, 6) is -1.47. The third-order valence-electron chi connectivity index (χ3n) is 9.78. The highest BCUT2D eigenvalue weighted by atomic mass is 35.5. The maximum absolute atomic E-state index is 13.9. The minimum absolute atomic E-state index is 0.00540. The van der Waals surface area contributed by atoms with Crippen LogP contribution in [0.4, 0.5) is 0 Å². The van der Waals surface area contributed by atoms with Crippen LogP contribution in [-0.2, 0) is 25.7 Å². The molecule has 0 spiro atoms. The Morgan fingerprint density at radius 2 is 1.76 bits per heavy atom. The van der Waals surface area contributed by atoms with Crippen LogP contribution in [0.2, 0.25) is 10.0 Å². The molecule has 1 N–H and O–H groups in total. The quantitative estimate of drug-likeness (QED) is 0.220. The topological polar surface area (TPSA) is 115 Å². The number of thioether (sulfide) groups is 1. The Morgan fingerprint density at radius 3 is 2.46 bits per heavy atom. The molecule has 2 amide bonds. The second-order valence-corrected chi connectivity index (χ2v) is 15.6. The molecular weight excluding hydrogens is 671 g/mol. The molecule has 1 saturated heterocycles. The fraction of sp³-hybridized carbons (Fsp3) is 0.455. The number of amides is 2. The number of likely N-dealkylation sites (tertiary alicyclic amines) is 1. The molecule has 3 fully saturated rings. The average molecular weight is 704 g/mol. The Kier molecular flexibility index (Phi) is 8.18. The summed E-state index contributed by atoms with van der Waals surface area (Å²) in [4.78, 5) is 58.1. The number of ether oxygens (including phenoxy) is 3. The number of H-pyrrole nitrogens is 1. The fourth-order valence-corrected chi connectivity index (χ4v) is 11.4. The highest BCUT2D eigenvalue weighted by molar-refractivity contribution is 8.00. The number of carbonyl (C=O) groups is 3. The molecule has 2 saturated carbocycles. The number of nitrogens with zero attached hydrogens (tertiary/aromatic N) is 1. The van der Waals surface area contributed by atoms with E-state index in [2.05, 4.69) is 4.98 Å². The van der Waals surface area contributed by atoms with E-state index in [1.807, 2.05) is 24.3 Å². The van der Waals surface area contributed by atoms with Gasteiger partial charge in [0, 0.05) is 31.7 Å². The lowest BCUT2D eigenvalue weighted by molar-refractivity contribution is -0.161. The first-order valence-corrected chi connectivity index (χ1v) is 17.6. The van der Waals surface area contributed by atoms with Crippen molar-refractivity contribution < 1.29 is 28.6 Å². The van der Waals surface area contributed by atoms with E-state index in [4.69, 9.17) is 37.4 Å². The van der Waals surface area contributed by atoms with Gasteiger partial charge in [0.2, 0.25) is 11.8 Å². The van der Waals surface area contributed by atoms with E-state index in [1.54, 1.807) is 51.8 Å². The number of aromatic nitrogens is 1. The van der Waals surface area contributed by atoms with Crippen molar-refractivity contribution in [2.75, 3.05) is 7.11 Å². The number of fused-ring (bicyclic) bond motifs is 9. The number of rotatable bonds is 8. The van der Waals surface area contributed by atoms with Gasteiger partial charge in [-0.1, -0.05) is 46.7 Å². The monoisotopic (exact) mass is 702 g/mol. The summed E-state index contributed by atoms with van der Waals surface area (Å²) in [5, 5.41) is 1.86. The summed E-state index contributed by atoms with van der Waals surface area (Å²) in [6.45, 7) is 5.25. The van der Waals surface area contributed by atoms with Crippen LogP contribution in [-0.4, -0.2) is 52.2 Å². The van der Waals surface area contributed by atoms with E-state index in [9.17, 15) is 19.2 Å². The van der Waals surface area contributed by atoms with Gasteiger partial charge in [0.1, 0.15) is 12.6 Å². The van der Waals surface area contributed by atoms with Crippen molar-refractivity contribution in [3.05, 3.63) is 72.1 Å². The SMILES string of the molecule is COc1cc(C2c3sc(=O)[nH]c3SC3C4CC(C5C(=O)N(C(C)C(=O)OC(C)C)C(=O)C45)C23)ccc1OCc1ccc(Cl)cc1Cl. The van der Waals surface area contributed by atoms with Crippen molar-refractivity contribution in [1.82, 2.24) is 9.88 Å². The number of halogens is 2. The van der Waals surface area contributed by atoms with Gasteiger partial charge in [-0.25, -0.2) is 4.79 Å². The molecule has 46 heavy (non-hydrogen) atoms. The second-order valence-electron chi connectivity index (χ2n) is 12.6. The number of aromatic amines is 1.